The number of hydrogen-bond donors (Lipinski definition) is 1. The number of fused-ring (bicyclic) bond motifs is 2. The zero-order valence-electron chi connectivity index (χ0n) is 24.6. The Morgan fingerprint density at radius 3 is 2.74 bits per heavy atom. The number of rotatable bonds is 10. The summed E-state index contributed by atoms with van der Waals surface area (Å²) in [5.74, 6) is 0.582. The molecule has 1 N–H and O–H groups in total. The van der Waals surface area contributed by atoms with Crippen LogP contribution in [-0.4, -0.2) is 79.7 Å². The van der Waals surface area contributed by atoms with E-state index in [9.17, 15) is 13.2 Å². The minimum atomic E-state index is -3.96. The number of allylic oxidation sites excluding steroid dienone is 3. The smallest absolute Gasteiger partial charge is 0.258 e. The Morgan fingerprint density at radius 1 is 1.24 bits per heavy atom. The second-order valence-electron chi connectivity index (χ2n) is 12.1. The van der Waals surface area contributed by atoms with Gasteiger partial charge in [0.15, 0.2) is 0 Å². The van der Waals surface area contributed by atoms with Gasteiger partial charge in [-0.3, -0.25) is 14.4 Å². The van der Waals surface area contributed by atoms with E-state index in [4.69, 9.17) is 21.1 Å². The van der Waals surface area contributed by atoms with Gasteiger partial charge in [0, 0.05) is 44.2 Å². The second kappa shape index (κ2) is 12.1. The van der Waals surface area contributed by atoms with E-state index in [0.29, 0.717) is 38.0 Å². The first-order valence-corrected chi connectivity index (χ1v) is 16.7. The van der Waals surface area contributed by atoms with Crippen molar-refractivity contribution in [1.82, 2.24) is 14.5 Å². The van der Waals surface area contributed by atoms with Crippen molar-refractivity contribution in [2.45, 2.75) is 61.1 Å². The van der Waals surface area contributed by atoms with Crippen LogP contribution >= 0.6 is 11.6 Å². The molecule has 3 aliphatic heterocycles. The molecule has 1 amide bonds. The number of nitrogens with one attached hydrogen (secondary N) is 1. The maximum absolute atomic E-state index is 13.6. The van der Waals surface area contributed by atoms with E-state index in [1.165, 1.54) is 0 Å². The number of carbonyl (C=O) groups excluding carboxylic acids is 1. The van der Waals surface area contributed by atoms with Crippen LogP contribution in [0.1, 0.15) is 45.1 Å². The van der Waals surface area contributed by atoms with Gasteiger partial charge in [0.25, 0.3) is 5.91 Å². The zero-order chi connectivity index (χ0) is 30.1. The van der Waals surface area contributed by atoms with Crippen LogP contribution in [0.3, 0.4) is 0 Å². The number of sulfonamides is 1. The lowest BCUT2D eigenvalue weighted by atomic mass is 9.76. The minimum Gasteiger partial charge on any atom is -0.493 e. The van der Waals surface area contributed by atoms with Crippen molar-refractivity contribution in [3.05, 3.63) is 78.7 Å². The summed E-state index contributed by atoms with van der Waals surface area (Å²) in [5.41, 5.74) is 1.62. The summed E-state index contributed by atoms with van der Waals surface area (Å²) in [6.07, 6.45) is 9.39. The maximum Gasteiger partial charge on any atom is 0.258 e. The summed E-state index contributed by atoms with van der Waals surface area (Å²) in [7, 11) is -3.96. The number of ether oxygens (including phenoxy) is 2. The third kappa shape index (κ3) is 5.88. The highest BCUT2D eigenvalue weighted by Crippen LogP contribution is 2.45. The Bertz CT molecular complexity index is 1390. The molecule has 3 heterocycles. The third-order valence-corrected chi connectivity index (χ3v) is 11.7. The van der Waals surface area contributed by atoms with Crippen LogP contribution in [0.2, 0.25) is 0 Å². The molecule has 10 heteroatoms. The van der Waals surface area contributed by atoms with Gasteiger partial charge in [-0.1, -0.05) is 43.4 Å². The summed E-state index contributed by atoms with van der Waals surface area (Å²) in [6, 6.07) is 8.44. The van der Waals surface area contributed by atoms with Gasteiger partial charge in [0.1, 0.15) is 16.4 Å². The number of halogens is 1. The quantitative estimate of drug-likeness (QED) is 0.306. The number of alkyl halides is 1. The molecular formula is C32H42ClN3O5S. The number of nitrogens with zero attached hydrogens (tertiary/aromatic N) is 2. The standard InChI is InChI=1S/C32H42ClN3O5S/c1-5-9-23(3)24(4)42(38,39)34-30(37)32(33)14-12-29-27(19-32)36(20-25-13-17-35(25)16-6-2)21-31(22-41-29)15-18-40-28-11-8-7-10-26(28)31/h5-8,10-12,14,23-25H,1-2,9,13,15-22H2,3-4H3,(H,34,37)/t23?,24?,25-,31?,32?/m0/s1. The average Bonchev–Trinajstić information content (AvgIpc) is 3.10. The molecule has 4 unspecified atom stereocenters. The highest BCUT2D eigenvalue weighted by Gasteiger charge is 2.48. The highest BCUT2D eigenvalue weighted by atomic mass is 35.5. The van der Waals surface area contributed by atoms with E-state index in [0.717, 1.165) is 49.5 Å². The second-order valence-corrected chi connectivity index (χ2v) is 14.8. The van der Waals surface area contributed by atoms with Gasteiger partial charge in [-0.25, -0.2) is 8.42 Å². The van der Waals surface area contributed by atoms with Crippen molar-refractivity contribution in [2.75, 3.05) is 39.4 Å². The van der Waals surface area contributed by atoms with Crippen molar-refractivity contribution < 1.29 is 22.7 Å². The Kier molecular flexibility index (Phi) is 8.84. The van der Waals surface area contributed by atoms with Gasteiger partial charge in [-0.05, 0) is 44.2 Å². The van der Waals surface area contributed by atoms with Gasteiger partial charge >= 0.3 is 0 Å². The maximum atomic E-state index is 13.6. The Labute approximate surface area is 255 Å². The topological polar surface area (TPSA) is 88.2 Å². The molecule has 1 aliphatic carbocycles. The molecule has 1 fully saturated rings. The molecule has 4 aliphatic rings. The van der Waals surface area contributed by atoms with E-state index in [2.05, 4.69) is 33.7 Å². The van der Waals surface area contributed by atoms with Crippen molar-refractivity contribution >= 4 is 27.5 Å². The van der Waals surface area contributed by atoms with Crippen LogP contribution in [0, 0.1) is 5.92 Å². The van der Waals surface area contributed by atoms with Crippen LogP contribution in [0.25, 0.3) is 0 Å². The number of amides is 1. The van der Waals surface area contributed by atoms with Crippen LogP contribution in [-0.2, 0) is 25.0 Å². The molecule has 42 heavy (non-hydrogen) atoms. The third-order valence-electron chi connectivity index (χ3n) is 9.39. The Hall–Kier alpha value is -2.75. The molecule has 1 aromatic carbocycles. The summed E-state index contributed by atoms with van der Waals surface area (Å²) in [6.45, 7) is 15.3. The summed E-state index contributed by atoms with van der Waals surface area (Å²) >= 11 is 7.00. The van der Waals surface area contributed by atoms with Crippen molar-refractivity contribution in [2.24, 2.45) is 5.92 Å². The van der Waals surface area contributed by atoms with E-state index >= 15 is 0 Å². The number of carbonyl (C=O) groups is 1. The fourth-order valence-corrected chi connectivity index (χ4v) is 8.05. The molecule has 0 aromatic heterocycles. The first-order chi connectivity index (χ1) is 20.0. The van der Waals surface area contributed by atoms with Crippen molar-refractivity contribution in [1.29, 1.82) is 0 Å². The van der Waals surface area contributed by atoms with E-state index in [1.54, 1.807) is 25.2 Å². The van der Waals surface area contributed by atoms with Crippen LogP contribution in [0.5, 0.6) is 5.75 Å². The molecular weight excluding hydrogens is 574 g/mol. The van der Waals surface area contributed by atoms with Gasteiger partial charge in [-0.2, -0.15) is 0 Å². The normalized spacial score (nSPS) is 28.7. The number of likely N-dealkylation sites (tertiary alicyclic amines) is 1. The summed E-state index contributed by atoms with van der Waals surface area (Å²) in [5, 5.41) is -0.789. The first kappa shape index (κ1) is 30.7. The summed E-state index contributed by atoms with van der Waals surface area (Å²) in [4.78, 5) is 16.7. The largest absolute Gasteiger partial charge is 0.493 e. The van der Waals surface area contributed by atoms with Gasteiger partial charge in [0.05, 0.1) is 29.6 Å². The molecule has 1 saturated heterocycles. The van der Waals surface area contributed by atoms with Crippen molar-refractivity contribution in [3.63, 3.8) is 0 Å². The monoisotopic (exact) mass is 615 g/mol. The SMILES string of the molecule is C=CCC(C)C(C)S(=O)(=O)NC(=O)C1(Cl)C=CC2=C(C1)N(C[C@@H]1CCN1CC=C)CC1(CCOc3ccccc31)CO2. The van der Waals surface area contributed by atoms with Crippen LogP contribution in [0.4, 0.5) is 0 Å². The number of para-hydroxylation sites is 1. The minimum absolute atomic E-state index is 0.112. The molecule has 228 valence electrons. The van der Waals surface area contributed by atoms with Gasteiger partial charge < -0.3 is 14.4 Å². The fourth-order valence-electron chi connectivity index (χ4n) is 6.41. The van der Waals surface area contributed by atoms with Gasteiger partial charge in [-0.15, -0.1) is 24.8 Å². The Balaban J connectivity index is 1.43. The molecule has 5 atom stereocenters. The lowest BCUT2D eigenvalue weighted by molar-refractivity contribution is -0.120. The number of benzene rings is 1. The van der Waals surface area contributed by atoms with E-state index < -0.39 is 26.1 Å². The lowest BCUT2D eigenvalue weighted by Gasteiger charge is -2.47. The zero-order valence-corrected chi connectivity index (χ0v) is 26.1. The first-order valence-electron chi connectivity index (χ1n) is 14.8. The number of hydrogen-bond acceptors (Lipinski definition) is 7. The van der Waals surface area contributed by atoms with E-state index in [-0.39, 0.29) is 17.8 Å². The molecule has 5 rings (SSSR count). The molecule has 8 nitrogen and oxygen atoms in total. The van der Waals surface area contributed by atoms with Crippen molar-refractivity contribution in [3.8, 4) is 5.75 Å². The fraction of sp³-hybridized carbons (Fsp3) is 0.531. The molecule has 1 spiro atoms. The Morgan fingerprint density at radius 2 is 2.02 bits per heavy atom. The van der Waals surface area contributed by atoms with Crippen LogP contribution in [0.15, 0.2) is 73.2 Å². The van der Waals surface area contributed by atoms with Gasteiger partial charge in [0.2, 0.25) is 10.0 Å². The molecule has 0 saturated carbocycles. The molecule has 1 aromatic rings. The van der Waals surface area contributed by atoms with Crippen LogP contribution < -0.4 is 9.46 Å². The predicted molar refractivity (Wildman–Crippen MR) is 166 cm³/mol. The van der Waals surface area contributed by atoms with E-state index in [1.807, 2.05) is 31.2 Å². The summed E-state index contributed by atoms with van der Waals surface area (Å²) < 4.78 is 41.1. The molecule has 0 bridgehead atoms. The highest BCUT2D eigenvalue weighted by molar-refractivity contribution is 7.90. The lowest BCUT2D eigenvalue weighted by Crippen LogP contribution is -2.56. The molecule has 0 radical (unpaired) electrons. The predicted octanol–water partition coefficient (Wildman–Crippen LogP) is 4.50. The average molecular weight is 616 g/mol.